The number of allylic oxidation sites excluding steroid dienone is 1. The van der Waals surface area contributed by atoms with Crippen molar-refractivity contribution in [2.45, 2.75) is 25.5 Å². The standard InChI is InChI=1S/C22H24N4O2S/c1-5-11-26-21(17-7-6-8-18(13-17)28-4)24-25-22(26)29-14-20(27)23-19-12-15(2)9-10-16(19)3/h5-10,12-13H,1,11,14H2,2-4H3,(H,23,27). The van der Waals surface area contributed by atoms with Gasteiger partial charge in [0, 0.05) is 17.8 Å². The van der Waals surface area contributed by atoms with Crippen molar-refractivity contribution in [3.8, 4) is 17.1 Å². The quantitative estimate of drug-likeness (QED) is 0.439. The molecule has 2 aromatic carbocycles. The first-order valence-corrected chi connectivity index (χ1v) is 10.2. The number of ether oxygens (including phenoxy) is 1. The third-order valence-electron chi connectivity index (χ3n) is 4.36. The van der Waals surface area contributed by atoms with E-state index in [9.17, 15) is 4.79 Å². The topological polar surface area (TPSA) is 69.0 Å². The monoisotopic (exact) mass is 408 g/mol. The van der Waals surface area contributed by atoms with Crippen LogP contribution in [0.25, 0.3) is 11.4 Å². The van der Waals surface area contributed by atoms with Gasteiger partial charge in [-0.2, -0.15) is 0 Å². The Balaban J connectivity index is 1.75. The van der Waals surface area contributed by atoms with Crippen LogP contribution in [-0.2, 0) is 11.3 Å². The number of aryl methyl sites for hydroxylation is 2. The molecule has 0 radical (unpaired) electrons. The van der Waals surface area contributed by atoms with Crippen LogP contribution in [0.2, 0.25) is 0 Å². The molecule has 7 heteroatoms. The van der Waals surface area contributed by atoms with Crippen LogP contribution in [-0.4, -0.2) is 33.5 Å². The van der Waals surface area contributed by atoms with Gasteiger partial charge in [0.1, 0.15) is 5.75 Å². The van der Waals surface area contributed by atoms with Crippen LogP contribution >= 0.6 is 11.8 Å². The maximum atomic E-state index is 12.5. The molecule has 0 fully saturated rings. The van der Waals surface area contributed by atoms with Crippen LogP contribution in [0.1, 0.15) is 11.1 Å². The highest BCUT2D eigenvalue weighted by Gasteiger charge is 2.16. The lowest BCUT2D eigenvalue weighted by Gasteiger charge is -2.10. The first-order valence-electron chi connectivity index (χ1n) is 9.20. The predicted octanol–water partition coefficient (Wildman–Crippen LogP) is 4.49. The number of thioether (sulfide) groups is 1. The second-order valence-corrected chi connectivity index (χ2v) is 7.54. The van der Waals surface area contributed by atoms with Gasteiger partial charge in [0.15, 0.2) is 11.0 Å². The van der Waals surface area contributed by atoms with Crippen molar-refractivity contribution in [3.63, 3.8) is 0 Å². The number of aromatic nitrogens is 3. The maximum Gasteiger partial charge on any atom is 0.234 e. The van der Waals surface area contributed by atoms with Crippen molar-refractivity contribution in [2.24, 2.45) is 0 Å². The van der Waals surface area contributed by atoms with Crippen molar-refractivity contribution >= 4 is 23.4 Å². The summed E-state index contributed by atoms with van der Waals surface area (Å²) in [5.41, 5.74) is 3.86. The number of benzene rings is 2. The summed E-state index contributed by atoms with van der Waals surface area (Å²) in [5.74, 6) is 1.61. The molecule has 0 bridgehead atoms. The number of carbonyl (C=O) groups excluding carboxylic acids is 1. The normalized spacial score (nSPS) is 10.6. The molecular formula is C22H24N4O2S. The summed E-state index contributed by atoms with van der Waals surface area (Å²) >= 11 is 1.35. The van der Waals surface area contributed by atoms with Crippen molar-refractivity contribution in [1.82, 2.24) is 14.8 Å². The average Bonchev–Trinajstić information content (AvgIpc) is 3.12. The Hall–Kier alpha value is -3.06. The lowest BCUT2D eigenvalue weighted by atomic mass is 10.1. The molecule has 0 saturated heterocycles. The molecule has 0 aliphatic rings. The van der Waals surface area contributed by atoms with Crippen molar-refractivity contribution < 1.29 is 9.53 Å². The van der Waals surface area contributed by atoms with Crippen LogP contribution in [0.4, 0.5) is 5.69 Å². The largest absolute Gasteiger partial charge is 0.497 e. The Bertz CT molecular complexity index is 1030. The first kappa shape index (κ1) is 20.7. The summed E-state index contributed by atoms with van der Waals surface area (Å²) in [4.78, 5) is 12.5. The second kappa shape index (κ2) is 9.43. The van der Waals surface area contributed by atoms with Gasteiger partial charge < -0.3 is 10.1 Å². The molecule has 1 N–H and O–H groups in total. The lowest BCUT2D eigenvalue weighted by Crippen LogP contribution is -2.15. The van der Waals surface area contributed by atoms with E-state index in [2.05, 4.69) is 22.1 Å². The molecule has 0 saturated carbocycles. The van der Waals surface area contributed by atoms with Crippen LogP contribution in [0, 0.1) is 13.8 Å². The van der Waals surface area contributed by atoms with Crippen molar-refractivity contribution in [2.75, 3.05) is 18.2 Å². The van der Waals surface area contributed by atoms with E-state index in [0.717, 1.165) is 28.1 Å². The van der Waals surface area contributed by atoms with E-state index in [1.807, 2.05) is 60.9 Å². The summed E-state index contributed by atoms with van der Waals surface area (Å²) < 4.78 is 7.24. The van der Waals surface area contributed by atoms with Gasteiger partial charge in [-0.25, -0.2) is 0 Å². The number of hydrogen-bond acceptors (Lipinski definition) is 5. The van der Waals surface area contributed by atoms with Crippen molar-refractivity contribution in [1.29, 1.82) is 0 Å². The molecule has 1 aromatic heterocycles. The Kier molecular flexibility index (Phi) is 6.72. The molecule has 0 spiro atoms. The van der Waals surface area contributed by atoms with Gasteiger partial charge in [-0.05, 0) is 43.2 Å². The van der Waals surface area contributed by atoms with Gasteiger partial charge in [0.05, 0.1) is 12.9 Å². The summed E-state index contributed by atoms with van der Waals surface area (Å²) in [7, 11) is 1.63. The number of amides is 1. The zero-order chi connectivity index (χ0) is 20.8. The summed E-state index contributed by atoms with van der Waals surface area (Å²) in [5, 5.41) is 12.2. The highest BCUT2D eigenvalue weighted by Crippen LogP contribution is 2.27. The molecule has 3 rings (SSSR count). The van der Waals surface area contributed by atoms with Gasteiger partial charge in [0.25, 0.3) is 0 Å². The molecule has 6 nitrogen and oxygen atoms in total. The third-order valence-corrected chi connectivity index (χ3v) is 5.32. The fraction of sp³-hybridized carbons (Fsp3) is 0.227. The van der Waals surface area contributed by atoms with E-state index in [1.165, 1.54) is 11.8 Å². The molecule has 0 unspecified atom stereocenters. The van der Waals surface area contributed by atoms with Crippen LogP contribution in [0.5, 0.6) is 5.75 Å². The minimum Gasteiger partial charge on any atom is -0.497 e. The number of nitrogens with one attached hydrogen (secondary N) is 1. The zero-order valence-corrected chi connectivity index (χ0v) is 17.6. The van der Waals surface area contributed by atoms with Gasteiger partial charge in [-0.15, -0.1) is 16.8 Å². The Morgan fingerprint density at radius 3 is 2.83 bits per heavy atom. The van der Waals surface area contributed by atoms with Gasteiger partial charge in [-0.1, -0.05) is 42.1 Å². The number of carbonyl (C=O) groups is 1. The Morgan fingerprint density at radius 2 is 2.07 bits per heavy atom. The summed E-state index contributed by atoms with van der Waals surface area (Å²) in [6.07, 6.45) is 1.78. The molecule has 0 aliphatic heterocycles. The third kappa shape index (κ3) is 5.06. The number of nitrogens with zero attached hydrogens (tertiary/aromatic N) is 3. The number of anilines is 1. The summed E-state index contributed by atoms with van der Waals surface area (Å²) in [6, 6.07) is 13.6. The highest BCUT2D eigenvalue weighted by atomic mass is 32.2. The second-order valence-electron chi connectivity index (χ2n) is 6.59. The van der Waals surface area contributed by atoms with Gasteiger partial charge in [-0.3, -0.25) is 9.36 Å². The molecule has 29 heavy (non-hydrogen) atoms. The first-order chi connectivity index (χ1) is 14.0. The molecule has 1 heterocycles. The Morgan fingerprint density at radius 1 is 1.24 bits per heavy atom. The number of rotatable bonds is 8. The number of hydrogen-bond donors (Lipinski definition) is 1. The SMILES string of the molecule is C=CCn1c(SCC(=O)Nc2cc(C)ccc2C)nnc1-c1cccc(OC)c1. The smallest absolute Gasteiger partial charge is 0.234 e. The molecule has 0 atom stereocenters. The zero-order valence-electron chi connectivity index (χ0n) is 16.8. The lowest BCUT2D eigenvalue weighted by molar-refractivity contribution is -0.113. The molecule has 0 aliphatic carbocycles. The van der Waals surface area contributed by atoms with E-state index in [1.54, 1.807) is 13.2 Å². The van der Waals surface area contributed by atoms with E-state index < -0.39 is 0 Å². The predicted molar refractivity (Wildman–Crippen MR) is 117 cm³/mol. The van der Waals surface area contributed by atoms with E-state index in [-0.39, 0.29) is 11.7 Å². The van der Waals surface area contributed by atoms with Crippen LogP contribution in [0.15, 0.2) is 60.3 Å². The molecule has 3 aromatic rings. The fourth-order valence-electron chi connectivity index (χ4n) is 2.85. The minimum absolute atomic E-state index is 0.0835. The van der Waals surface area contributed by atoms with Crippen LogP contribution in [0.3, 0.4) is 0 Å². The minimum atomic E-state index is -0.0835. The van der Waals surface area contributed by atoms with Gasteiger partial charge in [0.2, 0.25) is 5.91 Å². The van der Waals surface area contributed by atoms with E-state index >= 15 is 0 Å². The average molecular weight is 409 g/mol. The number of methoxy groups -OCH3 is 1. The van der Waals surface area contributed by atoms with E-state index in [4.69, 9.17) is 4.74 Å². The van der Waals surface area contributed by atoms with Crippen molar-refractivity contribution in [3.05, 3.63) is 66.2 Å². The van der Waals surface area contributed by atoms with E-state index in [0.29, 0.717) is 17.5 Å². The maximum absolute atomic E-state index is 12.5. The molecule has 1 amide bonds. The van der Waals surface area contributed by atoms with Gasteiger partial charge >= 0.3 is 0 Å². The Labute approximate surface area is 175 Å². The van der Waals surface area contributed by atoms with Crippen LogP contribution < -0.4 is 10.1 Å². The summed E-state index contributed by atoms with van der Waals surface area (Å²) in [6.45, 7) is 8.34. The highest BCUT2D eigenvalue weighted by molar-refractivity contribution is 7.99. The molecule has 150 valence electrons. The fourth-order valence-corrected chi connectivity index (χ4v) is 3.60. The molecular weight excluding hydrogens is 384 g/mol.